The summed E-state index contributed by atoms with van der Waals surface area (Å²) in [6, 6.07) is -3.34. The first-order chi connectivity index (χ1) is 5.14. The van der Waals surface area contributed by atoms with Gasteiger partial charge in [0, 0.05) is 0 Å². The lowest BCUT2D eigenvalue weighted by atomic mass is 10.3. The smallest absolute Gasteiger partial charge is 0.322 e. The minimum absolute atomic E-state index is 0.713. The van der Waals surface area contributed by atoms with Gasteiger partial charge in [0.2, 0.25) is 0 Å². The topological polar surface area (TPSA) is 83.6 Å². The molecule has 0 saturated carbocycles. The molecule has 7 heavy (non-hydrogen) atoms. The van der Waals surface area contributed by atoms with Crippen molar-refractivity contribution in [2.75, 3.05) is 6.56 Å². The number of aliphatic hydroxyl groups is 1. The van der Waals surface area contributed by atoms with E-state index in [1.807, 2.05) is 0 Å². The summed E-state index contributed by atoms with van der Waals surface area (Å²) in [5.74, 6) is -2.11. The molecular weight excluding hydrogens is 98.0 g/mol. The molecule has 0 fully saturated rings. The minimum Gasteiger partial charge on any atom is -0.480 e. The monoisotopic (exact) mass is 110 g/mol. The maximum absolute atomic E-state index is 10.2. The predicted octanol–water partition coefficient (Wildman–Crippen LogP) is -1.61. The van der Waals surface area contributed by atoms with E-state index in [2.05, 4.69) is 0 Å². The van der Waals surface area contributed by atoms with Crippen molar-refractivity contribution < 1.29 is 21.9 Å². The second-order valence-corrected chi connectivity index (χ2v) is 0.766. The highest BCUT2D eigenvalue weighted by Crippen LogP contribution is 1.71. The molecule has 0 rings (SSSR count). The molecule has 0 aromatic carbocycles. The molecule has 4 N–H and O–H groups in total. The van der Waals surface area contributed by atoms with E-state index in [0.29, 0.717) is 0 Å². The van der Waals surface area contributed by atoms with Crippen molar-refractivity contribution in [3.8, 4) is 0 Å². The van der Waals surface area contributed by atoms with E-state index in [-0.39, 0.29) is 0 Å². The van der Waals surface area contributed by atoms with Gasteiger partial charge in [-0.15, -0.1) is 0 Å². The van der Waals surface area contributed by atoms with Crippen LogP contribution in [0.4, 0.5) is 0 Å². The van der Waals surface area contributed by atoms with Crippen LogP contribution >= 0.6 is 0 Å². The highest BCUT2D eigenvalue weighted by Gasteiger charge is 2.06. The number of carboxylic acid groups (broad SMARTS) is 1. The zero-order valence-electron chi connectivity index (χ0n) is 8.25. The van der Waals surface area contributed by atoms with Gasteiger partial charge >= 0.3 is 5.97 Å². The molecule has 0 aliphatic carbocycles. The molecule has 4 nitrogen and oxygen atoms in total. The number of hydrogen-bond donors (Lipinski definition) is 3. The molecule has 0 saturated heterocycles. The molecule has 0 aromatic heterocycles. The van der Waals surface area contributed by atoms with E-state index < -0.39 is 24.3 Å². The van der Waals surface area contributed by atoms with Crippen molar-refractivity contribution in [2.45, 2.75) is 6.02 Å². The Balaban J connectivity index is 5.02. The van der Waals surface area contributed by atoms with Gasteiger partial charge in [0.15, 0.2) is 0 Å². The largest absolute Gasteiger partial charge is 0.480 e. The fraction of sp³-hybridized carbons (Fsp3) is 0.667. The molecule has 0 unspecified atom stereocenters. The number of hydrogen-bond acceptors (Lipinski definition) is 3. The lowest BCUT2D eigenvalue weighted by molar-refractivity contribution is -0.139. The summed E-state index contributed by atoms with van der Waals surface area (Å²) in [4.78, 5) is 10.2. The maximum atomic E-state index is 10.2. The Morgan fingerprint density at radius 2 is 3.00 bits per heavy atom. The number of carbonyl (C=O) groups is 1. The molecule has 0 amide bonds. The predicted molar refractivity (Wildman–Crippen MR) is 22.7 cm³/mol. The fourth-order valence-electron chi connectivity index (χ4n) is 0.0478. The van der Waals surface area contributed by atoms with Gasteiger partial charge in [-0.1, -0.05) is 0 Å². The summed E-state index contributed by atoms with van der Waals surface area (Å²) in [6.07, 6.45) is 0. The Bertz CT molecular complexity index is 191. The van der Waals surface area contributed by atoms with Crippen LogP contribution in [-0.2, 0) is 4.79 Å². The van der Waals surface area contributed by atoms with Crippen molar-refractivity contribution in [3.63, 3.8) is 0 Å². The van der Waals surface area contributed by atoms with Gasteiger partial charge < -0.3 is 15.9 Å². The van der Waals surface area contributed by atoms with Crippen LogP contribution < -0.4 is 5.72 Å². The van der Waals surface area contributed by atoms with Crippen LogP contribution in [0.15, 0.2) is 0 Å². The number of rotatable bonds is 3. The van der Waals surface area contributed by atoms with Gasteiger partial charge in [0.25, 0.3) is 0 Å². The third-order valence-corrected chi connectivity index (χ3v) is 0.308. The summed E-state index contributed by atoms with van der Waals surface area (Å²) >= 11 is 0. The van der Waals surface area contributed by atoms with Crippen molar-refractivity contribution >= 4 is 5.97 Å². The van der Waals surface area contributed by atoms with Crippen molar-refractivity contribution in [1.29, 1.82) is 0 Å². The average Bonchev–Trinajstić information content (AvgIpc) is 1.82. The Morgan fingerprint density at radius 1 is 2.43 bits per heavy atom. The Hall–Kier alpha value is -0.610. The lowest BCUT2D eigenvalue weighted by Gasteiger charge is -1.96. The van der Waals surface area contributed by atoms with Gasteiger partial charge in [-0.25, -0.2) is 0 Å². The quantitative estimate of drug-likeness (QED) is 0.408. The highest BCUT2D eigenvalue weighted by molar-refractivity contribution is 5.73. The summed E-state index contributed by atoms with van der Waals surface area (Å²) < 4.78 is 32.7. The summed E-state index contributed by atoms with van der Waals surface area (Å²) in [6.45, 7) is -3.48. The van der Waals surface area contributed by atoms with Gasteiger partial charge in [-0.2, -0.15) is 0 Å². The van der Waals surface area contributed by atoms with E-state index in [9.17, 15) is 4.79 Å². The van der Waals surface area contributed by atoms with Crippen molar-refractivity contribution in [1.82, 2.24) is 0 Å². The molecule has 4 heteroatoms. The standard InChI is InChI=1S/C3H7NO3/c4-2(1-5)3(6)7/h2,5H,1,4H2,(H,6,7)/t2-/m0/s1/i1D2,2D/hD2. The summed E-state index contributed by atoms with van der Waals surface area (Å²) in [5, 5.41) is 16.8. The molecular formula is C3H7NO3. The Kier molecular flexibility index (Phi) is 0.625. The zero-order valence-corrected chi connectivity index (χ0v) is 3.25. The molecule has 0 bridgehead atoms. The summed E-state index contributed by atoms with van der Waals surface area (Å²) in [7, 11) is 0. The SMILES string of the molecule is [2H]N([2H])[C@]([2H])(C(=O)O)C([2H])([2H])O. The first kappa shape index (κ1) is 1.72. The van der Waals surface area contributed by atoms with E-state index in [1.54, 1.807) is 0 Å². The summed E-state index contributed by atoms with van der Waals surface area (Å²) in [5.41, 5.74) is -0.713. The normalized spacial score (nSPS) is 30.9. The molecule has 42 valence electrons. The van der Waals surface area contributed by atoms with Crippen LogP contribution in [0, 0.1) is 0 Å². The Labute approximate surface area is 47.7 Å². The van der Waals surface area contributed by atoms with Crippen LogP contribution in [0.3, 0.4) is 0 Å². The van der Waals surface area contributed by atoms with Crippen LogP contribution in [0.25, 0.3) is 0 Å². The van der Waals surface area contributed by atoms with E-state index in [0.717, 1.165) is 0 Å². The third kappa shape index (κ3) is 2.13. The first-order valence-corrected chi connectivity index (χ1v) is 1.37. The molecule has 0 aliphatic rings. The number of nitrogens with two attached hydrogens (primary N) is 1. The number of carboxylic acids is 1. The zero-order chi connectivity index (χ0) is 10.2. The highest BCUT2D eigenvalue weighted by atomic mass is 16.4. The minimum atomic E-state index is -3.48. The Morgan fingerprint density at radius 3 is 3.00 bits per heavy atom. The molecule has 0 aromatic rings. The first-order valence-electron chi connectivity index (χ1n) is 3.77. The van der Waals surface area contributed by atoms with E-state index in [1.165, 1.54) is 0 Å². The van der Waals surface area contributed by atoms with Gasteiger partial charge in [0.05, 0.1) is 10.7 Å². The molecule has 0 radical (unpaired) electrons. The average molecular weight is 110 g/mol. The fourth-order valence-corrected chi connectivity index (χ4v) is 0.0478. The molecule has 0 aliphatic heterocycles. The number of aliphatic carboxylic acids is 1. The second-order valence-electron chi connectivity index (χ2n) is 0.766. The third-order valence-electron chi connectivity index (χ3n) is 0.308. The molecule has 0 heterocycles. The van der Waals surface area contributed by atoms with Crippen LogP contribution in [0.2, 0.25) is 2.82 Å². The van der Waals surface area contributed by atoms with Crippen molar-refractivity contribution in [3.05, 3.63) is 0 Å². The van der Waals surface area contributed by atoms with E-state index in [4.69, 9.17) is 17.1 Å². The van der Waals surface area contributed by atoms with Crippen molar-refractivity contribution in [2.24, 2.45) is 5.72 Å². The van der Waals surface area contributed by atoms with Gasteiger partial charge in [0.1, 0.15) is 8.84 Å². The van der Waals surface area contributed by atoms with Gasteiger partial charge in [-0.3, -0.25) is 4.79 Å². The second kappa shape index (κ2) is 2.54. The lowest BCUT2D eigenvalue weighted by Crippen LogP contribution is -2.33. The van der Waals surface area contributed by atoms with Crippen LogP contribution in [-0.4, -0.2) is 28.8 Å². The van der Waals surface area contributed by atoms with Gasteiger partial charge in [-0.05, 0) is 0 Å². The van der Waals surface area contributed by atoms with Crippen LogP contribution in [0.5, 0.6) is 0 Å². The maximum Gasteiger partial charge on any atom is 0.322 e. The molecule has 1 atom stereocenters. The molecule has 0 spiro atoms. The van der Waals surface area contributed by atoms with E-state index >= 15 is 0 Å². The van der Waals surface area contributed by atoms with Crippen LogP contribution in [0.1, 0.15) is 4.11 Å².